The second-order valence-corrected chi connectivity index (χ2v) is 8.07. The Balaban J connectivity index is 1.48. The van der Waals surface area contributed by atoms with Crippen LogP contribution in [0.2, 0.25) is 0 Å². The fourth-order valence-corrected chi connectivity index (χ4v) is 4.07. The Bertz CT molecular complexity index is 1610. The van der Waals surface area contributed by atoms with Crippen LogP contribution in [-0.4, -0.2) is 11.8 Å². The minimum Gasteiger partial charge on any atom is -0.457 e. The highest BCUT2D eigenvalue weighted by Crippen LogP contribution is 2.28. The molecular weight excluding hydrogens is 428 g/mol. The van der Waals surface area contributed by atoms with Crippen LogP contribution >= 0.6 is 0 Å². The Kier molecular flexibility index (Phi) is 5.52. The van der Waals surface area contributed by atoms with Crippen molar-refractivity contribution in [3.63, 3.8) is 0 Å². The fourth-order valence-electron chi connectivity index (χ4n) is 4.07. The van der Waals surface area contributed by atoms with E-state index in [1.807, 2.05) is 49.4 Å². The van der Waals surface area contributed by atoms with Crippen LogP contribution in [0.1, 0.15) is 37.4 Å². The average molecular weight is 448 g/mol. The largest absolute Gasteiger partial charge is 0.457 e. The van der Waals surface area contributed by atoms with Crippen LogP contribution in [0.5, 0.6) is 0 Å². The van der Waals surface area contributed by atoms with Crippen molar-refractivity contribution in [3.05, 3.63) is 129 Å². The number of ether oxygens (including phenoxy) is 1. The lowest BCUT2D eigenvalue weighted by Crippen LogP contribution is -2.13. The third-order valence-electron chi connectivity index (χ3n) is 5.78. The molecule has 5 heteroatoms. The van der Waals surface area contributed by atoms with E-state index < -0.39 is 11.6 Å². The molecule has 0 atom stereocenters. The quantitative estimate of drug-likeness (QED) is 0.146. The molecule has 0 saturated carbocycles. The molecule has 0 unspecified atom stereocenters. The Morgan fingerprint density at radius 2 is 1.53 bits per heavy atom. The zero-order chi connectivity index (χ0) is 23.7. The lowest BCUT2D eigenvalue weighted by Gasteiger charge is -2.11. The fraction of sp³-hybridized carbons (Fsp3) is 0.0690. The van der Waals surface area contributed by atoms with Crippen molar-refractivity contribution in [2.24, 2.45) is 0 Å². The van der Waals surface area contributed by atoms with Crippen molar-refractivity contribution in [1.82, 2.24) is 0 Å². The average Bonchev–Trinajstić information content (AvgIpc) is 2.86. The maximum absolute atomic E-state index is 13.1. The number of carbonyl (C=O) groups excluding carboxylic acids is 2. The van der Waals surface area contributed by atoms with Crippen molar-refractivity contribution >= 4 is 33.5 Å². The van der Waals surface area contributed by atoms with E-state index in [-0.39, 0.29) is 23.5 Å². The van der Waals surface area contributed by atoms with Crippen LogP contribution in [0.15, 0.2) is 100 Å². The van der Waals surface area contributed by atoms with Crippen molar-refractivity contribution in [2.45, 2.75) is 13.5 Å². The van der Waals surface area contributed by atoms with Crippen LogP contribution in [0.25, 0.3) is 21.7 Å². The zero-order valence-corrected chi connectivity index (χ0v) is 18.4. The summed E-state index contributed by atoms with van der Waals surface area (Å²) in [5.74, 6) is -0.901. The molecule has 5 nitrogen and oxygen atoms in total. The first-order valence-electron chi connectivity index (χ1n) is 10.8. The van der Waals surface area contributed by atoms with Crippen LogP contribution in [0.4, 0.5) is 0 Å². The summed E-state index contributed by atoms with van der Waals surface area (Å²) in [7, 11) is 0. The van der Waals surface area contributed by atoms with Gasteiger partial charge in [-0.05, 0) is 29.8 Å². The third-order valence-corrected chi connectivity index (χ3v) is 5.78. The van der Waals surface area contributed by atoms with E-state index >= 15 is 0 Å². The normalized spacial score (nSPS) is 11.0. The summed E-state index contributed by atoms with van der Waals surface area (Å²) in [4.78, 5) is 38.2. The van der Waals surface area contributed by atoms with Gasteiger partial charge in [0.2, 0.25) is 0 Å². The summed E-state index contributed by atoms with van der Waals surface area (Å²) in [6, 6.07) is 26.4. The van der Waals surface area contributed by atoms with Gasteiger partial charge < -0.3 is 9.15 Å². The van der Waals surface area contributed by atoms with Gasteiger partial charge in [0.25, 0.3) is 0 Å². The minimum atomic E-state index is -0.641. The summed E-state index contributed by atoms with van der Waals surface area (Å²) in [6.45, 7) is 1.80. The highest BCUT2D eigenvalue weighted by Gasteiger charge is 2.20. The summed E-state index contributed by atoms with van der Waals surface area (Å²) in [6.07, 6.45) is 0. The maximum atomic E-state index is 13.1. The van der Waals surface area contributed by atoms with E-state index in [4.69, 9.17) is 9.15 Å². The number of fused-ring (bicyclic) bond motifs is 3. The van der Waals surface area contributed by atoms with Gasteiger partial charge in [-0.25, -0.2) is 9.59 Å². The molecule has 0 aliphatic rings. The smallest absolute Gasteiger partial charge is 0.339 e. The van der Waals surface area contributed by atoms with E-state index in [0.29, 0.717) is 16.7 Å². The highest BCUT2D eigenvalue weighted by atomic mass is 16.5. The molecule has 0 N–H and O–H groups in total. The number of hydrogen-bond donors (Lipinski definition) is 0. The first kappa shape index (κ1) is 21.3. The topological polar surface area (TPSA) is 73.6 Å². The van der Waals surface area contributed by atoms with Crippen molar-refractivity contribution in [1.29, 1.82) is 0 Å². The van der Waals surface area contributed by atoms with E-state index in [2.05, 4.69) is 0 Å². The number of esters is 1. The first-order valence-corrected chi connectivity index (χ1v) is 10.8. The van der Waals surface area contributed by atoms with Crippen LogP contribution < -0.4 is 5.63 Å². The lowest BCUT2D eigenvalue weighted by atomic mass is 9.98. The molecule has 0 saturated heterocycles. The van der Waals surface area contributed by atoms with E-state index in [9.17, 15) is 14.4 Å². The van der Waals surface area contributed by atoms with Crippen molar-refractivity contribution in [3.8, 4) is 0 Å². The number of rotatable bonds is 5. The van der Waals surface area contributed by atoms with Gasteiger partial charge in [0, 0.05) is 28.1 Å². The van der Waals surface area contributed by atoms with Gasteiger partial charge in [-0.15, -0.1) is 0 Å². The molecule has 4 aromatic carbocycles. The molecule has 5 aromatic rings. The Morgan fingerprint density at radius 3 is 2.32 bits per heavy atom. The highest BCUT2D eigenvalue weighted by molar-refractivity contribution is 6.14. The maximum Gasteiger partial charge on any atom is 0.339 e. The molecule has 0 bridgehead atoms. The number of aryl methyl sites for hydroxylation is 1. The molecule has 0 aliphatic heterocycles. The number of carbonyl (C=O) groups is 2. The Hall–Kier alpha value is -4.51. The summed E-state index contributed by atoms with van der Waals surface area (Å²) in [5.41, 5.74) is 2.40. The number of benzene rings is 4. The molecular formula is C29H20O5. The first-order chi connectivity index (χ1) is 16.5. The Morgan fingerprint density at radius 1 is 0.824 bits per heavy atom. The molecule has 0 amide bonds. The van der Waals surface area contributed by atoms with Gasteiger partial charge >= 0.3 is 11.6 Å². The van der Waals surface area contributed by atoms with Gasteiger partial charge in [-0.3, -0.25) is 4.79 Å². The zero-order valence-electron chi connectivity index (χ0n) is 18.4. The predicted octanol–water partition coefficient (Wildman–Crippen LogP) is 5.84. The summed E-state index contributed by atoms with van der Waals surface area (Å²) in [5, 5.41) is 2.59. The second-order valence-electron chi connectivity index (χ2n) is 8.07. The van der Waals surface area contributed by atoms with E-state index in [1.54, 1.807) is 42.5 Å². The van der Waals surface area contributed by atoms with Crippen molar-refractivity contribution < 1.29 is 18.7 Å². The SMILES string of the molecule is Cc1ccc(C(=O)c2ccccc2C(=O)OCc2cc(=O)oc3ccc4ccccc4c23)cc1. The number of ketones is 1. The molecule has 1 heterocycles. The molecule has 1 aromatic heterocycles. The second kappa shape index (κ2) is 8.79. The van der Waals surface area contributed by atoms with Crippen LogP contribution in [0.3, 0.4) is 0 Å². The summed E-state index contributed by atoms with van der Waals surface area (Å²) >= 11 is 0. The number of hydrogen-bond acceptors (Lipinski definition) is 5. The standard InChI is InChI=1S/C29H20O5/c1-18-10-12-20(13-11-18)28(31)23-8-4-5-9-24(23)29(32)33-17-21-16-26(30)34-25-15-14-19-6-2-3-7-22(19)27(21)25/h2-16H,17H2,1H3. The van der Waals surface area contributed by atoms with E-state index in [0.717, 1.165) is 21.7 Å². The molecule has 166 valence electrons. The van der Waals surface area contributed by atoms with Gasteiger partial charge in [0.1, 0.15) is 12.2 Å². The van der Waals surface area contributed by atoms with Gasteiger partial charge in [-0.2, -0.15) is 0 Å². The van der Waals surface area contributed by atoms with Gasteiger partial charge in [-0.1, -0.05) is 78.4 Å². The Labute approximate surface area is 195 Å². The van der Waals surface area contributed by atoms with Crippen LogP contribution in [0, 0.1) is 6.92 Å². The predicted molar refractivity (Wildman–Crippen MR) is 130 cm³/mol. The minimum absolute atomic E-state index is 0.137. The van der Waals surface area contributed by atoms with Crippen LogP contribution in [-0.2, 0) is 11.3 Å². The monoisotopic (exact) mass is 448 g/mol. The van der Waals surface area contributed by atoms with Crippen molar-refractivity contribution in [2.75, 3.05) is 0 Å². The van der Waals surface area contributed by atoms with Gasteiger partial charge in [0.05, 0.1) is 5.56 Å². The lowest BCUT2D eigenvalue weighted by molar-refractivity contribution is 0.0471. The molecule has 5 rings (SSSR count). The molecule has 34 heavy (non-hydrogen) atoms. The molecule has 0 radical (unpaired) electrons. The molecule has 0 fully saturated rings. The van der Waals surface area contributed by atoms with Gasteiger partial charge in [0.15, 0.2) is 5.78 Å². The third kappa shape index (κ3) is 3.99. The molecule has 0 spiro atoms. The van der Waals surface area contributed by atoms with E-state index in [1.165, 1.54) is 6.07 Å². The molecule has 0 aliphatic carbocycles. The summed E-state index contributed by atoms with van der Waals surface area (Å²) < 4.78 is 11.0.